The van der Waals surface area contributed by atoms with E-state index >= 15 is 0 Å². The molecular formula is C20H25NOS. The van der Waals surface area contributed by atoms with Crippen molar-refractivity contribution >= 4 is 17.7 Å². The number of hydrogen-bond donors (Lipinski definition) is 0. The molecule has 0 aliphatic carbocycles. The molecule has 122 valence electrons. The molecule has 1 amide bonds. The fraction of sp³-hybridized carbons (Fsp3) is 0.450. The standard InChI is InChI=1S/C20H25NOS/c1-15-10-12-21(19(2,3)4)18(22)20(11-13-23-17(15)20)14-16-8-6-5-7-9-16/h5-13,15,17H,14H2,1-4H3/t15-,17+,20-/m0/s1. The first kappa shape index (κ1) is 16.4. The van der Waals surface area contributed by atoms with Gasteiger partial charge in [0.1, 0.15) is 0 Å². The van der Waals surface area contributed by atoms with Crippen LogP contribution in [-0.2, 0) is 11.2 Å². The number of nitrogens with zero attached hydrogens (tertiary/aromatic N) is 1. The van der Waals surface area contributed by atoms with E-state index in [9.17, 15) is 4.79 Å². The minimum Gasteiger partial charge on any atom is -0.313 e. The number of hydrogen-bond acceptors (Lipinski definition) is 2. The second-order valence-electron chi connectivity index (χ2n) is 7.61. The van der Waals surface area contributed by atoms with Crippen LogP contribution >= 0.6 is 11.8 Å². The normalized spacial score (nSPS) is 30.4. The summed E-state index contributed by atoms with van der Waals surface area (Å²) in [5, 5.41) is 2.39. The summed E-state index contributed by atoms with van der Waals surface area (Å²) in [7, 11) is 0. The van der Waals surface area contributed by atoms with Crippen molar-refractivity contribution in [1.29, 1.82) is 0 Å². The molecule has 0 spiro atoms. The molecule has 0 bridgehead atoms. The van der Waals surface area contributed by atoms with Crippen LogP contribution in [0.2, 0.25) is 0 Å². The van der Waals surface area contributed by atoms with Crippen molar-refractivity contribution in [2.45, 2.75) is 44.9 Å². The minimum atomic E-state index is -0.456. The molecule has 23 heavy (non-hydrogen) atoms. The Kier molecular flexibility index (Phi) is 4.18. The van der Waals surface area contributed by atoms with Crippen LogP contribution in [0.1, 0.15) is 33.3 Å². The van der Waals surface area contributed by atoms with Gasteiger partial charge in [0.15, 0.2) is 0 Å². The lowest BCUT2D eigenvalue weighted by Crippen LogP contribution is -2.52. The highest BCUT2D eigenvalue weighted by atomic mass is 32.2. The number of allylic oxidation sites excluding steroid dienone is 1. The Bertz CT molecular complexity index is 643. The van der Waals surface area contributed by atoms with Crippen molar-refractivity contribution in [2.24, 2.45) is 11.3 Å². The van der Waals surface area contributed by atoms with Gasteiger partial charge in [-0.15, -0.1) is 11.8 Å². The molecule has 3 atom stereocenters. The Morgan fingerprint density at radius 3 is 2.57 bits per heavy atom. The number of fused-ring (bicyclic) bond motifs is 1. The smallest absolute Gasteiger partial charge is 0.238 e. The summed E-state index contributed by atoms with van der Waals surface area (Å²) in [6.07, 6.45) is 7.12. The van der Waals surface area contributed by atoms with E-state index < -0.39 is 5.41 Å². The van der Waals surface area contributed by atoms with Crippen molar-refractivity contribution in [3.05, 3.63) is 59.7 Å². The molecule has 0 radical (unpaired) electrons. The van der Waals surface area contributed by atoms with E-state index in [1.807, 2.05) is 17.2 Å². The summed E-state index contributed by atoms with van der Waals surface area (Å²) in [6, 6.07) is 10.4. The maximum Gasteiger partial charge on any atom is 0.238 e. The molecule has 0 unspecified atom stereocenters. The van der Waals surface area contributed by atoms with E-state index in [-0.39, 0.29) is 16.7 Å². The molecule has 0 saturated carbocycles. The van der Waals surface area contributed by atoms with Gasteiger partial charge >= 0.3 is 0 Å². The Morgan fingerprint density at radius 1 is 1.22 bits per heavy atom. The Morgan fingerprint density at radius 2 is 1.91 bits per heavy atom. The second-order valence-corrected chi connectivity index (χ2v) is 8.66. The van der Waals surface area contributed by atoms with Crippen molar-refractivity contribution < 1.29 is 4.79 Å². The average molecular weight is 327 g/mol. The number of carbonyl (C=O) groups is 1. The molecule has 0 fully saturated rings. The molecule has 0 saturated heterocycles. The van der Waals surface area contributed by atoms with Gasteiger partial charge in [-0.3, -0.25) is 4.79 Å². The van der Waals surface area contributed by atoms with E-state index in [0.717, 1.165) is 6.42 Å². The highest BCUT2D eigenvalue weighted by Gasteiger charge is 2.52. The molecule has 2 aliphatic heterocycles. The summed E-state index contributed by atoms with van der Waals surface area (Å²) in [6.45, 7) is 8.52. The number of thioether (sulfide) groups is 1. The van der Waals surface area contributed by atoms with Crippen LogP contribution in [0.5, 0.6) is 0 Å². The zero-order valence-corrected chi connectivity index (χ0v) is 15.1. The Hall–Kier alpha value is -1.48. The van der Waals surface area contributed by atoms with Gasteiger partial charge in [-0.25, -0.2) is 0 Å². The zero-order chi connectivity index (χ0) is 16.7. The van der Waals surface area contributed by atoms with Gasteiger partial charge in [-0.05, 0) is 44.1 Å². The highest BCUT2D eigenvalue weighted by molar-refractivity contribution is 8.03. The molecule has 2 aliphatic rings. The molecule has 0 N–H and O–H groups in total. The fourth-order valence-electron chi connectivity index (χ4n) is 3.56. The average Bonchev–Trinajstić information content (AvgIpc) is 2.87. The molecule has 2 heterocycles. The number of rotatable bonds is 2. The first-order valence-corrected chi connectivity index (χ1v) is 9.18. The monoisotopic (exact) mass is 327 g/mol. The number of carbonyl (C=O) groups excluding carboxylic acids is 1. The van der Waals surface area contributed by atoms with E-state index in [1.165, 1.54) is 5.56 Å². The van der Waals surface area contributed by atoms with E-state index in [4.69, 9.17) is 0 Å². The summed E-state index contributed by atoms with van der Waals surface area (Å²) < 4.78 is 0. The van der Waals surface area contributed by atoms with Gasteiger partial charge in [-0.1, -0.05) is 49.4 Å². The van der Waals surface area contributed by atoms with Gasteiger partial charge in [0.05, 0.1) is 5.41 Å². The molecule has 1 aromatic rings. The summed E-state index contributed by atoms with van der Waals surface area (Å²) in [5.41, 5.74) is 0.552. The third-order valence-electron chi connectivity index (χ3n) is 4.79. The van der Waals surface area contributed by atoms with Crippen molar-refractivity contribution in [2.75, 3.05) is 0 Å². The lowest BCUT2D eigenvalue weighted by molar-refractivity contribution is -0.140. The predicted molar refractivity (Wildman–Crippen MR) is 98.0 cm³/mol. The van der Waals surface area contributed by atoms with Gasteiger partial charge < -0.3 is 4.90 Å². The van der Waals surface area contributed by atoms with E-state index in [1.54, 1.807) is 11.8 Å². The van der Waals surface area contributed by atoms with Crippen LogP contribution < -0.4 is 0 Å². The van der Waals surface area contributed by atoms with Gasteiger partial charge in [0.25, 0.3) is 0 Å². The summed E-state index contributed by atoms with van der Waals surface area (Å²) in [5.74, 6) is 0.579. The maximum atomic E-state index is 13.6. The Balaban J connectivity index is 2.06. The zero-order valence-electron chi connectivity index (χ0n) is 14.3. The summed E-state index contributed by atoms with van der Waals surface area (Å²) >= 11 is 1.80. The first-order chi connectivity index (χ1) is 10.8. The molecule has 2 nitrogen and oxygen atoms in total. The third-order valence-corrected chi connectivity index (χ3v) is 6.23. The predicted octanol–water partition coefficient (Wildman–Crippen LogP) is 4.64. The molecule has 1 aromatic carbocycles. The fourth-order valence-corrected chi connectivity index (χ4v) is 4.89. The summed E-state index contributed by atoms with van der Waals surface area (Å²) in [4.78, 5) is 15.5. The highest BCUT2D eigenvalue weighted by Crippen LogP contribution is 2.50. The lowest BCUT2D eigenvalue weighted by atomic mass is 9.74. The van der Waals surface area contributed by atoms with Crippen LogP contribution in [0.25, 0.3) is 0 Å². The second kappa shape index (κ2) is 5.86. The van der Waals surface area contributed by atoms with Crippen molar-refractivity contribution in [3.8, 4) is 0 Å². The van der Waals surface area contributed by atoms with Gasteiger partial charge in [-0.2, -0.15) is 0 Å². The van der Waals surface area contributed by atoms with Crippen LogP contribution in [-0.4, -0.2) is 21.6 Å². The van der Waals surface area contributed by atoms with Crippen molar-refractivity contribution in [3.63, 3.8) is 0 Å². The van der Waals surface area contributed by atoms with Crippen LogP contribution in [0.3, 0.4) is 0 Å². The molecule has 0 aromatic heterocycles. The first-order valence-electron chi connectivity index (χ1n) is 8.24. The van der Waals surface area contributed by atoms with E-state index in [0.29, 0.717) is 5.92 Å². The molecular weight excluding hydrogens is 302 g/mol. The maximum absolute atomic E-state index is 13.6. The molecule has 3 heteroatoms. The third kappa shape index (κ3) is 2.87. The minimum absolute atomic E-state index is 0.215. The lowest BCUT2D eigenvalue weighted by Gasteiger charge is -2.40. The largest absolute Gasteiger partial charge is 0.313 e. The van der Waals surface area contributed by atoms with Crippen LogP contribution in [0, 0.1) is 11.3 Å². The molecule has 3 rings (SSSR count). The SMILES string of the molecule is C[C@H]1C=CN(C(C)(C)C)C(=O)[C@]2(Cc3ccccc3)C=CS[C@H]12. The Labute approximate surface area is 143 Å². The number of benzene rings is 1. The quantitative estimate of drug-likeness (QED) is 0.789. The van der Waals surface area contributed by atoms with Crippen LogP contribution in [0.4, 0.5) is 0 Å². The van der Waals surface area contributed by atoms with Crippen LogP contribution in [0.15, 0.2) is 54.1 Å². The number of amides is 1. The van der Waals surface area contributed by atoms with Crippen molar-refractivity contribution in [1.82, 2.24) is 4.90 Å². The topological polar surface area (TPSA) is 20.3 Å². The van der Waals surface area contributed by atoms with E-state index in [2.05, 4.69) is 69.5 Å². The van der Waals surface area contributed by atoms with Gasteiger partial charge in [0, 0.05) is 17.0 Å². The van der Waals surface area contributed by atoms with Gasteiger partial charge in [0.2, 0.25) is 5.91 Å².